The molecule has 2 aromatic carbocycles. The number of halogens is 1. The summed E-state index contributed by atoms with van der Waals surface area (Å²) < 4.78 is 3.74. The molecule has 0 aliphatic carbocycles. The SMILES string of the molecule is Cn1c(=O)c2c(ncn2CC(=O)NC(c2ccccc2)c2ccc(Cl)cc2)n(C)c1=O. The number of rotatable bonds is 5. The van der Waals surface area contributed by atoms with Crippen LogP contribution in [0.3, 0.4) is 0 Å². The summed E-state index contributed by atoms with van der Waals surface area (Å²) in [6, 6.07) is 16.4. The summed E-state index contributed by atoms with van der Waals surface area (Å²) >= 11 is 6.02. The van der Waals surface area contributed by atoms with Crippen molar-refractivity contribution in [1.29, 1.82) is 0 Å². The molecule has 4 rings (SSSR count). The molecule has 0 aliphatic heterocycles. The number of imidazole rings is 1. The van der Waals surface area contributed by atoms with Crippen LogP contribution in [0, 0.1) is 0 Å². The van der Waals surface area contributed by atoms with Crippen LogP contribution in [-0.4, -0.2) is 24.6 Å². The minimum atomic E-state index is -0.499. The third-order valence-corrected chi connectivity index (χ3v) is 5.42. The van der Waals surface area contributed by atoms with Crippen LogP contribution in [0.25, 0.3) is 11.2 Å². The molecule has 0 saturated carbocycles. The Kier molecular flexibility index (Phi) is 5.48. The van der Waals surface area contributed by atoms with Crippen molar-refractivity contribution in [3.8, 4) is 0 Å². The van der Waals surface area contributed by atoms with Gasteiger partial charge in [-0.1, -0.05) is 54.1 Å². The van der Waals surface area contributed by atoms with Crippen molar-refractivity contribution in [2.75, 3.05) is 0 Å². The van der Waals surface area contributed by atoms with E-state index in [4.69, 9.17) is 11.6 Å². The average molecular weight is 438 g/mol. The van der Waals surface area contributed by atoms with Gasteiger partial charge < -0.3 is 9.88 Å². The van der Waals surface area contributed by atoms with Gasteiger partial charge in [0.2, 0.25) is 5.91 Å². The lowest BCUT2D eigenvalue weighted by Gasteiger charge is -2.20. The van der Waals surface area contributed by atoms with Gasteiger partial charge in [0.15, 0.2) is 11.2 Å². The lowest BCUT2D eigenvalue weighted by atomic mass is 9.98. The van der Waals surface area contributed by atoms with E-state index in [9.17, 15) is 14.4 Å². The van der Waals surface area contributed by atoms with Crippen LogP contribution < -0.4 is 16.6 Å². The summed E-state index contributed by atoms with van der Waals surface area (Å²) in [6.45, 7) is -0.124. The maximum absolute atomic E-state index is 13.0. The van der Waals surface area contributed by atoms with Crippen molar-refractivity contribution in [1.82, 2.24) is 24.0 Å². The Labute approximate surface area is 182 Å². The minimum absolute atomic E-state index is 0.124. The minimum Gasteiger partial charge on any atom is -0.344 e. The number of carbonyl (C=O) groups is 1. The van der Waals surface area contributed by atoms with Crippen LogP contribution in [0.5, 0.6) is 0 Å². The highest BCUT2D eigenvalue weighted by molar-refractivity contribution is 6.30. The number of fused-ring (bicyclic) bond motifs is 1. The smallest absolute Gasteiger partial charge is 0.332 e. The number of benzene rings is 2. The van der Waals surface area contributed by atoms with Gasteiger partial charge in [-0.05, 0) is 23.3 Å². The zero-order chi connectivity index (χ0) is 22.1. The average Bonchev–Trinajstić information content (AvgIpc) is 3.19. The summed E-state index contributed by atoms with van der Waals surface area (Å²) in [6.07, 6.45) is 1.39. The number of aryl methyl sites for hydroxylation is 1. The fourth-order valence-corrected chi connectivity index (χ4v) is 3.66. The van der Waals surface area contributed by atoms with Gasteiger partial charge in [0.05, 0.1) is 12.4 Å². The maximum Gasteiger partial charge on any atom is 0.332 e. The van der Waals surface area contributed by atoms with E-state index in [1.165, 1.54) is 29.6 Å². The third-order valence-electron chi connectivity index (χ3n) is 5.17. The zero-order valence-electron chi connectivity index (χ0n) is 16.9. The fraction of sp³-hybridized carbons (Fsp3) is 0.182. The number of hydrogen-bond acceptors (Lipinski definition) is 4. The van der Waals surface area contributed by atoms with E-state index in [-0.39, 0.29) is 23.6 Å². The van der Waals surface area contributed by atoms with Crippen molar-refractivity contribution in [3.05, 3.63) is 97.9 Å². The highest BCUT2D eigenvalue weighted by Crippen LogP contribution is 2.23. The maximum atomic E-state index is 13.0. The Morgan fingerprint density at radius 3 is 2.32 bits per heavy atom. The predicted molar refractivity (Wildman–Crippen MR) is 118 cm³/mol. The summed E-state index contributed by atoms with van der Waals surface area (Å²) in [5.41, 5.74) is 1.24. The highest BCUT2D eigenvalue weighted by Gasteiger charge is 2.20. The molecule has 0 saturated heterocycles. The lowest BCUT2D eigenvalue weighted by molar-refractivity contribution is -0.122. The van der Waals surface area contributed by atoms with Crippen molar-refractivity contribution in [2.24, 2.45) is 14.1 Å². The molecule has 158 valence electrons. The Bertz CT molecular complexity index is 1370. The summed E-state index contributed by atoms with van der Waals surface area (Å²) in [5, 5.41) is 3.63. The molecule has 0 aliphatic rings. The molecule has 8 nitrogen and oxygen atoms in total. The van der Waals surface area contributed by atoms with Gasteiger partial charge in [-0.3, -0.25) is 18.7 Å². The number of aromatic nitrogens is 4. The fourth-order valence-electron chi connectivity index (χ4n) is 3.54. The monoisotopic (exact) mass is 437 g/mol. The van der Waals surface area contributed by atoms with E-state index in [1.54, 1.807) is 12.1 Å². The number of hydrogen-bond donors (Lipinski definition) is 1. The Morgan fingerprint density at radius 2 is 1.65 bits per heavy atom. The number of carbonyl (C=O) groups excluding carboxylic acids is 1. The van der Waals surface area contributed by atoms with Gasteiger partial charge in [0.1, 0.15) is 6.54 Å². The molecule has 31 heavy (non-hydrogen) atoms. The van der Waals surface area contributed by atoms with E-state index in [0.29, 0.717) is 5.02 Å². The molecular formula is C22H20ClN5O3. The second-order valence-electron chi connectivity index (χ2n) is 7.21. The first-order valence-corrected chi connectivity index (χ1v) is 9.95. The normalized spacial score (nSPS) is 12.1. The molecule has 1 N–H and O–H groups in total. The van der Waals surface area contributed by atoms with Crippen LogP contribution in [0.1, 0.15) is 17.2 Å². The second-order valence-corrected chi connectivity index (χ2v) is 7.65. The van der Waals surface area contributed by atoms with Crippen molar-refractivity contribution in [3.63, 3.8) is 0 Å². The van der Waals surface area contributed by atoms with E-state index in [2.05, 4.69) is 10.3 Å². The Balaban J connectivity index is 1.67. The van der Waals surface area contributed by atoms with Gasteiger partial charge in [-0.25, -0.2) is 9.78 Å². The van der Waals surface area contributed by atoms with E-state index in [0.717, 1.165) is 15.7 Å². The summed E-state index contributed by atoms with van der Waals surface area (Å²) in [7, 11) is 2.93. The first kappa shape index (κ1) is 20.6. The van der Waals surface area contributed by atoms with E-state index < -0.39 is 17.3 Å². The van der Waals surface area contributed by atoms with E-state index in [1.807, 2.05) is 42.5 Å². The molecule has 9 heteroatoms. The van der Waals surface area contributed by atoms with Crippen LogP contribution in [0.15, 0.2) is 70.5 Å². The molecule has 2 heterocycles. The number of nitrogens with zero attached hydrogens (tertiary/aromatic N) is 4. The second kappa shape index (κ2) is 8.23. The molecule has 2 aromatic heterocycles. The van der Waals surface area contributed by atoms with Crippen molar-refractivity contribution in [2.45, 2.75) is 12.6 Å². The molecule has 4 aromatic rings. The number of nitrogens with one attached hydrogen (secondary N) is 1. The van der Waals surface area contributed by atoms with E-state index >= 15 is 0 Å². The van der Waals surface area contributed by atoms with Crippen LogP contribution >= 0.6 is 11.6 Å². The van der Waals surface area contributed by atoms with Gasteiger partial charge in [0, 0.05) is 19.1 Å². The molecular weight excluding hydrogens is 418 g/mol. The van der Waals surface area contributed by atoms with Gasteiger partial charge in [-0.2, -0.15) is 0 Å². The summed E-state index contributed by atoms with van der Waals surface area (Å²) in [4.78, 5) is 41.8. The van der Waals surface area contributed by atoms with Gasteiger partial charge >= 0.3 is 5.69 Å². The van der Waals surface area contributed by atoms with Crippen LogP contribution in [0.2, 0.25) is 5.02 Å². The third kappa shape index (κ3) is 3.89. The summed E-state index contributed by atoms with van der Waals surface area (Å²) in [5.74, 6) is -0.306. The molecule has 1 unspecified atom stereocenters. The first-order chi connectivity index (χ1) is 14.9. The standard InChI is InChI=1S/C22H20ClN5O3/c1-26-20-19(21(30)27(2)22(26)31)28(13-24-20)12-17(29)25-18(14-6-4-3-5-7-14)15-8-10-16(23)11-9-15/h3-11,13,18H,12H2,1-2H3,(H,25,29). The topological polar surface area (TPSA) is 90.9 Å². The highest BCUT2D eigenvalue weighted by atomic mass is 35.5. The molecule has 0 spiro atoms. The van der Waals surface area contributed by atoms with Crippen LogP contribution in [-0.2, 0) is 25.4 Å². The number of amides is 1. The first-order valence-electron chi connectivity index (χ1n) is 9.57. The van der Waals surface area contributed by atoms with Crippen LogP contribution in [0.4, 0.5) is 0 Å². The molecule has 0 bridgehead atoms. The quantitative estimate of drug-likeness (QED) is 0.517. The van der Waals surface area contributed by atoms with Crippen molar-refractivity contribution < 1.29 is 4.79 Å². The molecule has 1 atom stereocenters. The van der Waals surface area contributed by atoms with Gasteiger partial charge in [0.25, 0.3) is 5.56 Å². The Hall–Kier alpha value is -3.65. The predicted octanol–water partition coefficient (Wildman–Crippen LogP) is 1.99. The molecule has 1 amide bonds. The largest absolute Gasteiger partial charge is 0.344 e. The van der Waals surface area contributed by atoms with Crippen molar-refractivity contribution >= 4 is 28.7 Å². The zero-order valence-corrected chi connectivity index (χ0v) is 17.7. The van der Waals surface area contributed by atoms with Gasteiger partial charge in [-0.15, -0.1) is 0 Å². The molecule has 0 fully saturated rings. The Morgan fingerprint density at radius 1 is 1.00 bits per heavy atom. The molecule has 0 radical (unpaired) electrons. The lowest BCUT2D eigenvalue weighted by Crippen LogP contribution is -2.38.